The topological polar surface area (TPSA) is 30.0 Å². The van der Waals surface area contributed by atoms with Crippen LogP contribution in [0.5, 0.6) is 0 Å². The van der Waals surface area contributed by atoms with E-state index in [2.05, 4.69) is 4.98 Å². The molecule has 0 saturated heterocycles. The van der Waals surface area contributed by atoms with Crippen LogP contribution in [0.4, 0.5) is 0 Å². The van der Waals surface area contributed by atoms with Gasteiger partial charge in [-0.15, -0.1) is 0 Å². The summed E-state index contributed by atoms with van der Waals surface area (Å²) in [5, 5.41) is 1.48. The third-order valence-electron chi connectivity index (χ3n) is 2.11. The summed E-state index contributed by atoms with van der Waals surface area (Å²) in [6, 6.07) is 7.33. The Hall–Kier alpha value is -1.41. The van der Waals surface area contributed by atoms with Crippen LogP contribution >= 0.6 is 11.6 Å². The molecule has 2 rings (SSSR count). The minimum Gasteiger partial charge on any atom is -0.298 e. The van der Waals surface area contributed by atoms with Gasteiger partial charge in [-0.05, 0) is 24.6 Å². The Balaban J connectivity index is 2.76. The van der Waals surface area contributed by atoms with Crippen molar-refractivity contribution in [3.05, 3.63) is 40.5 Å². The number of hydrogen-bond donors (Lipinski definition) is 0. The molecule has 1 heterocycles. The highest BCUT2D eigenvalue weighted by Gasteiger charge is 2.01. The number of aryl methyl sites for hydroxylation is 1. The van der Waals surface area contributed by atoms with E-state index in [0.717, 1.165) is 22.8 Å². The second kappa shape index (κ2) is 3.39. The van der Waals surface area contributed by atoms with E-state index in [4.69, 9.17) is 11.6 Å². The molecule has 0 aliphatic heterocycles. The molecule has 2 aromatic rings. The third-order valence-corrected chi connectivity index (χ3v) is 2.49. The van der Waals surface area contributed by atoms with Gasteiger partial charge in [0.15, 0.2) is 0 Å². The van der Waals surface area contributed by atoms with E-state index in [-0.39, 0.29) is 0 Å². The number of rotatable bonds is 1. The molecule has 0 radical (unpaired) electrons. The van der Waals surface area contributed by atoms with E-state index in [1.54, 1.807) is 12.1 Å². The fourth-order valence-corrected chi connectivity index (χ4v) is 1.49. The normalized spacial score (nSPS) is 10.4. The molecule has 0 atom stereocenters. The maximum atomic E-state index is 10.5. The molecule has 70 valence electrons. The van der Waals surface area contributed by atoms with Gasteiger partial charge in [0.05, 0.1) is 5.52 Å². The Morgan fingerprint density at radius 3 is 2.86 bits per heavy atom. The summed E-state index contributed by atoms with van der Waals surface area (Å²) in [6.45, 7) is 1.91. The van der Waals surface area contributed by atoms with Crippen LogP contribution in [0.25, 0.3) is 10.9 Å². The van der Waals surface area contributed by atoms with Crippen LogP contribution < -0.4 is 0 Å². The SMILES string of the molecule is Cc1cc2ccc(C=O)cc2nc1Cl. The second-order valence-electron chi connectivity index (χ2n) is 3.17. The number of hydrogen-bond acceptors (Lipinski definition) is 2. The fourth-order valence-electron chi connectivity index (χ4n) is 1.34. The summed E-state index contributed by atoms with van der Waals surface area (Å²) >= 11 is 5.88. The van der Waals surface area contributed by atoms with Crippen LogP contribution in [0.15, 0.2) is 24.3 Å². The summed E-state index contributed by atoms with van der Waals surface area (Å²) in [5.74, 6) is 0. The number of benzene rings is 1. The second-order valence-corrected chi connectivity index (χ2v) is 3.52. The van der Waals surface area contributed by atoms with Gasteiger partial charge in [-0.2, -0.15) is 0 Å². The monoisotopic (exact) mass is 205 g/mol. The lowest BCUT2D eigenvalue weighted by molar-refractivity contribution is 0.112. The van der Waals surface area contributed by atoms with Gasteiger partial charge in [0.1, 0.15) is 11.4 Å². The van der Waals surface area contributed by atoms with E-state index in [9.17, 15) is 4.79 Å². The number of pyridine rings is 1. The largest absolute Gasteiger partial charge is 0.298 e. The molecule has 0 saturated carbocycles. The Labute approximate surface area is 86.5 Å². The van der Waals surface area contributed by atoms with Crippen molar-refractivity contribution >= 4 is 28.8 Å². The molecule has 0 N–H and O–H groups in total. The number of fused-ring (bicyclic) bond motifs is 1. The van der Waals surface area contributed by atoms with Crippen LogP contribution in [0.3, 0.4) is 0 Å². The lowest BCUT2D eigenvalue weighted by Crippen LogP contribution is -1.86. The average Bonchev–Trinajstić information content (AvgIpc) is 2.19. The minimum atomic E-state index is 0.487. The maximum Gasteiger partial charge on any atom is 0.150 e. The molecule has 1 aromatic heterocycles. The Bertz CT molecular complexity index is 508. The van der Waals surface area contributed by atoms with Crippen LogP contribution in [-0.2, 0) is 0 Å². The van der Waals surface area contributed by atoms with Crippen molar-refractivity contribution in [3.8, 4) is 0 Å². The van der Waals surface area contributed by atoms with Crippen molar-refractivity contribution in [1.82, 2.24) is 4.98 Å². The Kier molecular flexibility index (Phi) is 2.22. The van der Waals surface area contributed by atoms with Crippen molar-refractivity contribution in [2.45, 2.75) is 6.92 Å². The highest BCUT2D eigenvalue weighted by Crippen LogP contribution is 2.20. The molecule has 2 nitrogen and oxygen atoms in total. The molecule has 0 fully saturated rings. The van der Waals surface area contributed by atoms with Gasteiger partial charge in [-0.3, -0.25) is 4.79 Å². The predicted molar refractivity (Wildman–Crippen MR) is 56.9 cm³/mol. The number of aromatic nitrogens is 1. The van der Waals surface area contributed by atoms with Crippen molar-refractivity contribution in [2.24, 2.45) is 0 Å². The summed E-state index contributed by atoms with van der Waals surface area (Å²) in [4.78, 5) is 14.7. The first-order valence-electron chi connectivity index (χ1n) is 4.23. The van der Waals surface area contributed by atoms with E-state index in [0.29, 0.717) is 10.7 Å². The maximum absolute atomic E-state index is 10.5. The minimum absolute atomic E-state index is 0.487. The first-order valence-corrected chi connectivity index (χ1v) is 4.60. The molecule has 0 spiro atoms. The Morgan fingerprint density at radius 1 is 1.36 bits per heavy atom. The van der Waals surface area contributed by atoms with E-state index in [1.807, 2.05) is 19.1 Å². The number of aldehydes is 1. The van der Waals surface area contributed by atoms with Crippen LogP contribution in [-0.4, -0.2) is 11.3 Å². The van der Waals surface area contributed by atoms with Crippen molar-refractivity contribution in [1.29, 1.82) is 0 Å². The molecule has 0 amide bonds. The van der Waals surface area contributed by atoms with Gasteiger partial charge >= 0.3 is 0 Å². The van der Waals surface area contributed by atoms with Crippen molar-refractivity contribution in [3.63, 3.8) is 0 Å². The first kappa shape index (κ1) is 9.16. The average molecular weight is 206 g/mol. The standard InChI is InChI=1S/C11H8ClNO/c1-7-4-9-3-2-8(6-14)5-10(9)13-11(7)12/h2-6H,1H3. The first-order chi connectivity index (χ1) is 6.70. The summed E-state index contributed by atoms with van der Waals surface area (Å²) in [5.41, 5.74) is 2.31. The van der Waals surface area contributed by atoms with Gasteiger partial charge in [-0.25, -0.2) is 4.98 Å². The summed E-state index contributed by atoms with van der Waals surface area (Å²) in [6.07, 6.45) is 0.800. The molecule has 0 unspecified atom stereocenters. The number of carbonyl (C=O) groups is 1. The van der Waals surface area contributed by atoms with E-state index >= 15 is 0 Å². The zero-order valence-corrected chi connectivity index (χ0v) is 8.38. The van der Waals surface area contributed by atoms with Gasteiger partial charge in [0.2, 0.25) is 0 Å². The van der Waals surface area contributed by atoms with Crippen LogP contribution in [0.2, 0.25) is 5.15 Å². The number of nitrogens with zero attached hydrogens (tertiary/aromatic N) is 1. The van der Waals surface area contributed by atoms with Gasteiger partial charge in [-0.1, -0.05) is 23.7 Å². The zero-order valence-electron chi connectivity index (χ0n) is 7.62. The molecular formula is C11H8ClNO. The molecule has 0 aliphatic rings. The summed E-state index contributed by atoms with van der Waals surface area (Å²) in [7, 11) is 0. The predicted octanol–water partition coefficient (Wildman–Crippen LogP) is 3.01. The third kappa shape index (κ3) is 1.49. The molecular weight excluding hydrogens is 198 g/mol. The van der Waals surface area contributed by atoms with Crippen LogP contribution in [0.1, 0.15) is 15.9 Å². The summed E-state index contributed by atoms with van der Waals surface area (Å²) < 4.78 is 0. The lowest BCUT2D eigenvalue weighted by atomic mass is 10.1. The number of halogens is 1. The van der Waals surface area contributed by atoms with Gasteiger partial charge in [0, 0.05) is 10.9 Å². The smallest absolute Gasteiger partial charge is 0.150 e. The molecule has 1 aromatic carbocycles. The number of carbonyl (C=O) groups excluding carboxylic acids is 1. The quantitative estimate of drug-likeness (QED) is 0.529. The highest BCUT2D eigenvalue weighted by molar-refractivity contribution is 6.30. The van der Waals surface area contributed by atoms with Crippen molar-refractivity contribution < 1.29 is 4.79 Å². The van der Waals surface area contributed by atoms with Crippen LogP contribution in [0, 0.1) is 6.92 Å². The zero-order chi connectivity index (χ0) is 10.1. The molecule has 0 bridgehead atoms. The van der Waals surface area contributed by atoms with Gasteiger partial charge < -0.3 is 0 Å². The molecule has 3 heteroatoms. The highest BCUT2D eigenvalue weighted by atomic mass is 35.5. The fraction of sp³-hybridized carbons (Fsp3) is 0.0909. The van der Waals surface area contributed by atoms with Crippen molar-refractivity contribution in [2.75, 3.05) is 0 Å². The van der Waals surface area contributed by atoms with E-state index < -0.39 is 0 Å². The Morgan fingerprint density at radius 2 is 2.14 bits per heavy atom. The van der Waals surface area contributed by atoms with E-state index in [1.165, 1.54) is 0 Å². The molecule has 0 aliphatic carbocycles. The molecule has 14 heavy (non-hydrogen) atoms. The lowest BCUT2D eigenvalue weighted by Gasteiger charge is -2.01. The van der Waals surface area contributed by atoms with Gasteiger partial charge in [0.25, 0.3) is 0 Å².